The maximum Gasteiger partial charge on any atom is 0.122 e. The molecule has 0 amide bonds. The molecule has 1 heterocycles. The van der Waals surface area contributed by atoms with Crippen LogP contribution in [0, 0.1) is 0 Å². The Morgan fingerprint density at radius 1 is 1.46 bits per heavy atom. The number of hydrogen-bond acceptors (Lipinski definition) is 3. The van der Waals surface area contributed by atoms with Crippen LogP contribution in [0.4, 0.5) is 0 Å². The molecule has 0 aliphatic carbocycles. The molecule has 3 nitrogen and oxygen atoms in total. The predicted molar refractivity (Wildman–Crippen MR) is 51.2 cm³/mol. The molecule has 0 unspecified atom stereocenters. The third kappa shape index (κ3) is 3.61. The number of methoxy groups -OCH3 is 1. The lowest BCUT2D eigenvalue weighted by molar-refractivity contribution is 0.146. The zero-order valence-corrected chi connectivity index (χ0v) is 8.25. The number of aromatic nitrogens is 1. The van der Waals surface area contributed by atoms with Crippen molar-refractivity contribution in [2.75, 3.05) is 20.3 Å². The van der Waals surface area contributed by atoms with Gasteiger partial charge < -0.3 is 9.47 Å². The molecule has 0 saturated heterocycles. The standard InChI is InChI=1S/C9H12ClNO2/c1-12-4-5-13-9-2-3-11-8(6-9)7-10/h2-3,6H,4-5,7H2,1H3. The van der Waals surface area contributed by atoms with Crippen molar-refractivity contribution in [1.82, 2.24) is 4.98 Å². The van der Waals surface area contributed by atoms with E-state index >= 15 is 0 Å². The summed E-state index contributed by atoms with van der Waals surface area (Å²) in [6.45, 7) is 1.13. The second kappa shape index (κ2) is 5.78. The van der Waals surface area contributed by atoms with Crippen molar-refractivity contribution in [3.63, 3.8) is 0 Å². The maximum atomic E-state index is 5.62. The molecule has 1 rings (SSSR count). The average molecular weight is 202 g/mol. The monoisotopic (exact) mass is 201 g/mol. The van der Waals surface area contributed by atoms with Gasteiger partial charge in [-0.05, 0) is 6.07 Å². The molecule has 0 aliphatic rings. The summed E-state index contributed by atoms with van der Waals surface area (Å²) in [6.07, 6.45) is 1.68. The number of halogens is 1. The zero-order chi connectivity index (χ0) is 9.52. The van der Waals surface area contributed by atoms with E-state index in [0.29, 0.717) is 19.1 Å². The molecule has 1 aromatic heterocycles. The van der Waals surface area contributed by atoms with Gasteiger partial charge in [-0.15, -0.1) is 11.6 Å². The summed E-state index contributed by atoms with van der Waals surface area (Å²) < 4.78 is 10.2. The van der Waals surface area contributed by atoms with Crippen LogP contribution in [0.25, 0.3) is 0 Å². The van der Waals surface area contributed by atoms with Crippen LogP contribution in [0.3, 0.4) is 0 Å². The van der Waals surface area contributed by atoms with Gasteiger partial charge in [0.2, 0.25) is 0 Å². The Morgan fingerprint density at radius 2 is 2.31 bits per heavy atom. The van der Waals surface area contributed by atoms with Gasteiger partial charge in [0.1, 0.15) is 12.4 Å². The lowest BCUT2D eigenvalue weighted by Gasteiger charge is -2.05. The molecule has 0 aromatic carbocycles. The summed E-state index contributed by atoms with van der Waals surface area (Å²) >= 11 is 5.62. The third-order valence-corrected chi connectivity index (χ3v) is 1.75. The summed E-state index contributed by atoms with van der Waals surface area (Å²) in [6, 6.07) is 3.62. The molecule has 0 fully saturated rings. The summed E-state index contributed by atoms with van der Waals surface area (Å²) in [5.41, 5.74) is 0.816. The molecular weight excluding hydrogens is 190 g/mol. The number of alkyl halides is 1. The highest BCUT2D eigenvalue weighted by Crippen LogP contribution is 2.11. The van der Waals surface area contributed by atoms with Gasteiger partial charge in [0.15, 0.2) is 0 Å². The van der Waals surface area contributed by atoms with Crippen LogP contribution >= 0.6 is 11.6 Å². The van der Waals surface area contributed by atoms with Gasteiger partial charge in [-0.3, -0.25) is 4.98 Å². The molecule has 0 aliphatic heterocycles. The van der Waals surface area contributed by atoms with Crippen molar-refractivity contribution in [2.45, 2.75) is 5.88 Å². The van der Waals surface area contributed by atoms with Gasteiger partial charge in [0.05, 0.1) is 18.2 Å². The van der Waals surface area contributed by atoms with Crippen LogP contribution in [0.2, 0.25) is 0 Å². The second-order valence-corrected chi connectivity index (χ2v) is 2.73. The van der Waals surface area contributed by atoms with E-state index in [4.69, 9.17) is 21.1 Å². The normalized spacial score (nSPS) is 10.0. The Hall–Kier alpha value is -0.800. The molecule has 0 atom stereocenters. The van der Waals surface area contributed by atoms with E-state index in [9.17, 15) is 0 Å². The first-order chi connectivity index (χ1) is 6.36. The Bertz CT molecular complexity index is 255. The molecule has 0 spiro atoms. The fourth-order valence-electron chi connectivity index (χ4n) is 0.862. The smallest absolute Gasteiger partial charge is 0.122 e. The van der Waals surface area contributed by atoms with Gasteiger partial charge in [-0.1, -0.05) is 0 Å². The highest BCUT2D eigenvalue weighted by molar-refractivity contribution is 6.16. The van der Waals surface area contributed by atoms with Crippen molar-refractivity contribution >= 4 is 11.6 Å². The largest absolute Gasteiger partial charge is 0.491 e. The van der Waals surface area contributed by atoms with Gasteiger partial charge in [0.25, 0.3) is 0 Å². The fourth-order valence-corrected chi connectivity index (χ4v) is 1.01. The van der Waals surface area contributed by atoms with E-state index < -0.39 is 0 Å². The summed E-state index contributed by atoms with van der Waals surface area (Å²) in [5.74, 6) is 1.18. The quantitative estimate of drug-likeness (QED) is 0.538. The second-order valence-electron chi connectivity index (χ2n) is 2.46. The first kappa shape index (κ1) is 10.3. The van der Waals surface area contributed by atoms with Crippen molar-refractivity contribution in [3.05, 3.63) is 24.0 Å². The lowest BCUT2D eigenvalue weighted by Crippen LogP contribution is -2.04. The molecule has 0 saturated carbocycles. The van der Waals surface area contributed by atoms with Gasteiger partial charge in [-0.2, -0.15) is 0 Å². The number of nitrogens with zero attached hydrogens (tertiary/aromatic N) is 1. The zero-order valence-electron chi connectivity index (χ0n) is 7.50. The summed E-state index contributed by atoms with van der Waals surface area (Å²) in [7, 11) is 1.64. The highest BCUT2D eigenvalue weighted by atomic mass is 35.5. The van der Waals surface area contributed by atoms with Crippen LogP contribution in [0.5, 0.6) is 5.75 Å². The Labute approximate surface area is 82.6 Å². The maximum absolute atomic E-state index is 5.62. The third-order valence-electron chi connectivity index (χ3n) is 1.48. The highest BCUT2D eigenvalue weighted by Gasteiger charge is 1.96. The fraction of sp³-hybridized carbons (Fsp3) is 0.444. The van der Waals surface area contributed by atoms with Crippen molar-refractivity contribution in [3.8, 4) is 5.75 Å². The average Bonchev–Trinajstić information content (AvgIpc) is 2.19. The van der Waals surface area contributed by atoms with Crippen molar-refractivity contribution in [1.29, 1.82) is 0 Å². The summed E-state index contributed by atoms with van der Waals surface area (Å²) in [4.78, 5) is 4.04. The summed E-state index contributed by atoms with van der Waals surface area (Å²) in [5, 5.41) is 0. The molecular formula is C9H12ClNO2. The van der Waals surface area contributed by atoms with E-state index in [-0.39, 0.29) is 0 Å². The molecule has 4 heteroatoms. The minimum Gasteiger partial charge on any atom is -0.491 e. The Morgan fingerprint density at radius 3 is 3.00 bits per heavy atom. The Balaban J connectivity index is 2.46. The number of rotatable bonds is 5. The van der Waals surface area contributed by atoms with E-state index in [1.54, 1.807) is 19.4 Å². The van der Waals surface area contributed by atoms with Crippen molar-refractivity contribution in [2.24, 2.45) is 0 Å². The van der Waals surface area contributed by atoms with E-state index in [0.717, 1.165) is 11.4 Å². The van der Waals surface area contributed by atoms with Crippen LogP contribution in [-0.2, 0) is 10.6 Å². The molecule has 0 bridgehead atoms. The lowest BCUT2D eigenvalue weighted by atomic mass is 10.3. The van der Waals surface area contributed by atoms with Gasteiger partial charge in [-0.25, -0.2) is 0 Å². The first-order valence-electron chi connectivity index (χ1n) is 3.99. The van der Waals surface area contributed by atoms with Crippen LogP contribution in [0.1, 0.15) is 5.69 Å². The molecule has 0 N–H and O–H groups in total. The minimum absolute atomic E-state index is 0.404. The molecule has 0 radical (unpaired) electrons. The topological polar surface area (TPSA) is 31.4 Å². The molecule has 72 valence electrons. The number of ether oxygens (including phenoxy) is 2. The number of hydrogen-bond donors (Lipinski definition) is 0. The van der Waals surface area contributed by atoms with E-state index in [1.807, 2.05) is 6.07 Å². The van der Waals surface area contributed by atoms with Gasteiger partial charge >= 0.3 is 0 Å². The van der Waals surface area contributed by atoms with Crippen LogP contribution in [0.15, 0.2) is 18.3 Å². The van der Waals surface area contributed by atoms with Gasteiger partial charge in [0, 0.05) is 19.4 Å². The van der Waals surface area contributed by atoms with E-state index in [1.165, 1.54) is 0 Å². The first-order valence-corrected chi connectivity index (χ1v) is 4.53. The molecule has 1 aromatic rings. The van der Waals surface area contributed by atoms with Crippen LogP contribution in [-0.4, -0.2) is 25.3 Å². The SMILES string of the molecule is COCCOc1ccnc(CCl)c1. The van der Waals surface area contributed by atoms with E-state index in [2.05, 4.69) is 4.98 Å². The van der Waals surface area contributed by atoms with Crippen molar-refractivity contribution < 1.29 is 9.47 Å². The number of pyridine rings is 1. The Kier molecular flexibility index (Phi) is 4.57. The molecule has 13 heavy (non-hydrogen) atoms. The predicted octanol–water partition coefficient (Wildman–Crippen LogP) is 1.85. The minimum atomic E-state index is 0.404. The van der Waals surface area contributed by atoms with Crippen LogP contribution < -0.4 is 4.74 Å².